The Morgan fingerprint density at radius 2 is 1.88 bits per heavy atom. The third-order valence-electron chi connectivity index (χ3n) is 2.62. The monoisotopic (exact) mass is 227 g/mol. The summed E-state index contributed by atoms with van der Waals surface area (Å²) in [5, 5.41) is 11.6. The van der Waals surface area contributed by atoms with Crippen LogP contribution >= 0.6 is 0 Å². The van der Waals surface area contributed by atoms with E-state index in [1.807, 2.05) is 25.1 Å². The van der Waals surface area contributed by atoms with Crippen LogP contribution in [0.25, 0.3) is 11.1 Å². The van der Waals surface area contributed by atoms with Gasteiger partial charge >= 0.3 is 0 Å². The van der Waals surface area contributed by atoms with Crippen molar-refractivity contribution in [3.05, 3.63) is 42.1 Å². The van der Waals surface area contributed by atoms with Gasteiger partial charge in [-0.25, -0.2) is 0 Å². The second-order valence-corrected chi connectivity index (χ2v) is 4.02. The predicted octanol–water partition coefficient (Wildman–Crippen LogP) is 3.27. The molecule has 0 bridgehead atoms. The van der Waals surface area contributed by atoms with Gasteiger partial charge in [-0.1, -0.05) is 37.3 Å². The summed E-state index contributed by atoms with van der Waals surface area (Å²) in [5.74, 6) is 0.844. The smallest absolute Gasteiger partial charge is 0.149 e. The van der Waals surface area contributed by atoms with Crippen molar-refractivity contribution in [2.45, 2.75) is 20.3 Å². The van der Waals surface area contributed by atoms with E-state index in [1.165, 1.54) is 5.56 Å². The molecule has 0 saturated carbocycles. The van der Waals surface area contributed by atoms with Gasteiger partial charge in [0.2, 0.25) is 0 Å². The van der Waals surface area contributed by atoms with E-state index in [4.69, 9.17) is 0 Å². The molecule has 0 atom stereocenters. The summed E-state index contributed by atoms with van der Waals surface area (Å²) in [4.78, 5) is 0. The Morgan fingerprint density at radius 1 is 1.12 bits per heavy atom. The van der Waals surface area contributed by atoms with E-state index in [1.54, 1.807) is 0 Å². The maximum Gasteiger partial charge on any atom is 0.149 e. The van der Waals surface area contributed by atoms with Crippen molar-refractivity contribution >= 4 is 5.82 Å². The highest BCUT2D eigenvalue weighted by atomic mass is 15.2. The molecule has 1 aromatic carbocycles. The van der Waals surface area contributed by atoms with E-state index >= 15 is 0 Å². The van der Waals surface area contributed by atoms with Gasteiger partial charge in [0.05, 0.1) is 5.69 Å². The Balaban J connectivity index is 2.33. The van der Waals surface area contributed by atoms with Crippen molar-refractivity contribution in [3.8, 4) is 11.1 Å². The molecule has 0 fully saturated rings. The lowest BCUT2D eigenvalue weighted by Gasteiger charge is -2.08. The Kier molecular flexibility index (Phi) is 3.70. The molecule has 3 heteroatoms. The number of nitrogens with zero attached hydrogens (tertiary/aromatic N) is 2. The summed E-state index contributed by atoms with van der Waals surface area (Å²) in [5.41, 5.74) is 3.27. The highest BCUT2D eigenvalue weighted by molar-refractivity contribution is 5.68. The van der Waals surface area contributed by atoms with Crippen LogP contribution in [0.5, 0.6) is 0 Å². The minimum atomic E-state index is 0.844. The number of aryl methyl sites for hydroxylation is 1. The van der Waals surface area contributed by atoms with Gasteiger partial charge in [0.15, 0.2) is 0 Å². The summed E-state index contributed by atoms with van der Waals surface area (Å²) < 4.78 is 0. The molecule has 0 aliphatic carbocycles. The van der Waals surface area contributed by atoms with Crippen LogP contribution < -0.4 is 5.32 Å². The number of benzene rings is 1. The van der Waals surface area contributed by atoms with E-state index in [-0.39, 0.29) is 0 Å². The lowest BCUT2D eigenvalue weighted by molar-refractivity contribution is 0.930. The van der Waals surface area contributed by atoms with Crippen molar-refractivity contribution in [1.29, 1.82) is 0 Å². The molecule has 1 aromatic heterocycles. The molecule has 0 unspecified atom stereocenters. The van der Waals surface area contributed by atoms with Crippen LogP contribution in [0.4, 0.5) is 5.82 Å². The first-order valence-electron chi connectivity index (χ1n) is 5.95. The van der Waals surface area contributed by atoms with E-state index in [2.05, 4.69) is 40.6 Å². The number of hydrogen-bond acceptors (Lipinski definition) is 3. The van der Waals surface area contributed by atoms with Crippen LogP contribution in [0, 0.1) is 6.92 Å². The van der Waals surface area contributed by atoms with E-state index in [9.17, 15) is 0 Å². The van der Waals surface area contributed by atoms with Crippen molar-refractivity contribution in [3.63, 3.8) is 0 Å². The van der Waals surface area contributed by atoms with E-state index in [0.717, 1.165) is 30.0 Å². The molecular weight excluding hydrogens is 210 g/mol. The summed E-state index contributed by atoms with van der Waals surface area (Å²) in [6.07, 6.45) is 1.08. The van der Waals surface area contributed by atoms with Crippen LogP contribution in [-0.4, -0.2) is 16.7 Å². The average molecular weight is 227 g/mol. The highest BCUT2D eigenvalue weighted by Crippen LogP contribution is 2.23. The van der Waals surface area contributed by atoms with Gasteiger partial charge in [-0.15, -0.1) is 5.10 Å². The fourth-order valence-corrected chi connectivity index (χ4v) is 1.70. The molecule has 1 N–H and O–H groups in total. The first kappa shape index (κ1) is 11.6. The number of anilines is 1. The zero-order valence-electron chi connectivity index (χ0n) is 10.3. The first-order valence-corrected chi connectivity index (χ1v) is 5.95. The molecule has 17 heavy (non-hydrogen) atoms. The van der Waals surface area contributed by atoms with Crippen molar-refractivity contribution in [2.75, 3.05) is 11.9 Å². The van der Waals surface area contributed by atoms with E-state index in [0.29, 0.717) is 0 Å². The van der Waals surface area contributed by atoms with Gasteiger partial charge in [0.25, 0.3) is 0 Å². The number of nitrogens with one attached hydrogen (secondary N) is 1. The molecule has 0 aliphatic rings. The predicted molar refractivity (Wildman–Crippen MR) is 71.0 cm³/mol. The molecule has 0 amide bonds. The normalized spacial score (nSPS) is 10.2. The lowest BCUT2D eigenvalue weighted by atomic mass is 10.1. The van der Waals surface area contributed by atoms with Crippen LogP contribution in [0.3, 0.4) is 0 Å². The molecule has 2 rings (SSSR count). The van der Waals surface area contributed by atoms with Crippen LogP contribution in [0.2, 0.25) is 0 Å². The molecule has 88 valence electrons. The maximum absolute atomic E-state index is 4.20. The summed E-state index contributed by atoms with van der Waals surface area (Å²) in [6, 6.07) is 12.3. The van der Waals surface area contributed by atoms with Crippen molar-refractivity contribution < 1.29 is 0 Å². The topological polar surface area (TPSA) is 37.8 Å². The Morgan fingerprint density at radius 3 is 2.59 bits per heavy atom. The zero-order valence-corrected chi connectivity index (χ0v) is 10.3. The zero-order chi connectivity index (χ0) is 12.1. The Bertz CT molecular complexity index is 480. The molecule has 1 heterocycles. The minimum Gasteiger partial charge on any atom is -0.369 e. The van der Waals surface area contributed by atoms with Crippen LogP contribution in [0.15, 0.2) is 36.4 Å². The molecule has 2 aromatic rings. The Labute approximate surface area is 102 Å². The SMILES string of the molecule is CCCNc1cc(-c2ccccc2)c(C)nn1. The minimum absolute atomic E-state index is 0.844. The summed E-state index contributed by atoms with van der Waals surface area (Å²) in [7, 11) is 0. The van der Waals surface area contributed by atoms with Crippen molar-refractivity contribution in [1.82, 2.24) is 10.2 Å². The molecule has 0 spiro atoms. The molecule has 3 nitrogen and oxygen atoms in total. The second kappa shape index (κ2) is 5.43. The third kappa shape index (κ3) is 2.81. The molecular formula is C14H17N3. The summed E-state index contributed by atoms with van der Waals surface area (Å²) >= 11 is 0. The van der Waals surface area contributed by atoms with Gasteiger partial charge in [0.1, 0.15) is 5.82 Å². The fourth-order valence-electron chi connectivity index (χ4n) is 1.70. The quantitative estimate of drug-likeness (QED) is 0.871. The maximum atomic E-state index is 4.20. The fraction of sp³-hybridized carbons (Fsp3) is 0.286. The molecule has 0 radical (unpaired) electrons. The summed E-state index contributed by atoms with van der Waals surface area (Å²) in [6.45, 7) is 5.04. The number of rotatable bonds is 4. The highest BCUT2D eigenvalue weighted by Gasteiger charge is 2.05. The molecule has 0 aliphatic heterocycles. The first-order chi connectivity index (χ1) is 8.31. The van der Waals surface area contributed by atoms with Gasteiger partial charge in [0, 0.05) is 12.1 Å². The average Bonchev–Trinajstić information content (AvgIpc) is 2.39. The van der Waals surface area contributed by atoms with E-state index < -0.39 is 0 Å². The van der Waals surface area contributed by atoms with Gasteiger partial charge < -0.3 is 5.32 Å². The number of hydrogen-bond donors (Lipinski definition) is 1. The molecule has 0 saturated heterocycles. The van der Waals surface area contributed by atoms with Crippen LogP contribution in [0.1, 0.15) is 19.0 Å². The van der Waals surface area contributed by atoms with Crippen LogP contribution in [-0.2, 0) is 0 Å². The number of aromatic nitrogens is 2. The van der Waals surface area contributed by atoms with Crippen molar-refractivity contribution in [2.24, 2.45) is 0 Å². The van der Waals surface area contributed by atoms with Gasteiger partial charge in [-0.2, -0.15) is 5.10 Å². The van der Waals surface area contributed by atoms with Gasteiger partial charge in [-0.3, -0.25) is 0 Å². The second-order valence-electron chi connectivity index (χ2n) is 4.02. The lowest BCUT2D eigenvalue weighted by Crippen LogP contribution is -2.04. The third-order valence-corrected chi connectivity index (χ3v) is 2.62. The standard InChI is InChI=1S/C14H17N3/c1-3-9-15-14-10-13(11(2)16-17-14)12-7-5-4-6-8-12/h4-8,10H,3,9H2,1-2H3,(H,15,17). The largest absolute Gasteiger partial charge is 0.369 e. The Hall–Kier alpha value is -1.90. The van der Waals surface area contributed by atoms with Gasteiger partial charge in [-0.05, 0) is 25.0 Å².